The highest BCUT2D eigenvalue weighted by Crippen LogP contribution is 2.03. The van der Waals surface area contributed by atoms with Crippen molar-refractivity contribution in [2.24, 2.45) is 0 Å². The third-order valence-corrected chi connectivity index (χ3v) is 2.10. The maximum absolute atomic E-state index is 10.6. The molecular formula is C11H11N5O3. The topological polar surface area (TPSA) is 120 Å². The van der Waals surface area contributed by atoms with Gasteiger partial charge in [-0.1, -0.05) is 0 Å². The van der Waals surface area contributed by atoms with Crippen molar-refractivity contribution in [1.29, 1.82) is 0 Å². The molecule has 0 saturated carbocycles. The first-order valence-corrected chi connectivity index (χ1v) is 5.24. The van der Waals surface area contributed by atoms with E-state index < -0.39 is 5.97 Å². The molecule has 0 atom stereocenters. The number of carbonyl (C=O) groups is 1. The number of nitrogens with two attached hydrogens (primary N) is 1. The lowest BCUT2D eigenvalue weighted by atomic mass is 10.5. The van der Waals surface area contributed by atoms with Gasteiger partial charge in [0.25, 0.3) is 0 Å². The van der Waals surface area contributed by atoms with Crippen molar-refractivity contribution in [2.45, 2.75) is 0 Å². The Morgan fingerprint density at radius 2 is 2.32 bits per heavy atom. The number of ether oxygens (including phenoxy) is 1. The third kappa shape index (κ3) is 3.06. The number of hydrogen-bond donors (Lipinski definition) is 2. The number of furan rings is 1. The minimum atomic E-state index is -0.444. The van der Waals surface area contributed by atoms with Crippen molar-refractivity contribution in [3.8, 4) is 0 Å². The van der Waals surface area contributed by atoms with Gasteiger partial charge >= 0.3 is 5.97 Å². The second kappa shape index (κ2) is 5.63. The first kappa shape index (κ1) is 12.6. The molecule has 0 bridgehead atoms. The van der Waals surface area contributed by atoms with Crippen LogP contribution in [-0.2, 0) is 4.74 Å². The van der Waals surface area contributed by atoms with E-state index in [0.717, 1.165) is 5.52 Å². The molecule has 0 aromatic carbocycles. The standard InChI is InChI=1S/C6H6O3.C5H5N5/c1-8-6(7)5-3-2-4-9-5;6-5-7-1-3-4(10-5)9-2-8-3/h2-4H,1H3;1-2H,(H3,6,7,8,9,10). The fourth-order valence-corrected chi connectivity index (χ4v) is 1.24. The van der Waals surface area contributed by atoms with Gasteiger partial charge in [0.2, 0.25) is 11.7 Å². The van der Waals surface area contributed by atoms with Crippen LogP contribution in [0.3, 0.4) is 0 Å². The predicted molar refractivity (Wildman–Crippen MR) is 66.1 cm³/mol. The van der Waals surface area contributed by atoms with Crippen LogP contribution in [0.4, 0.5) is 5.95 Å². The van der Waals surface area contributed by atoms with E-state index in [0.29, 0.717) is 5.65 Å². The van der Waals surface area contributed by atoms with Crippen molar-refractivity contribution in [3.63, 3.8) is 0 Å². The van der Waals surface area contributed by atoms with Crippen LogP contribution in [-0.4, -0.2) is 33.0 Å². The number of rotatable bonds is 1. The van der Waals surface area contributed by atoms with E-state index in [1.54, 1.807) is 24.7 Å². The number of fused-ring (bicyclic) bond motifs is 1. The first-order valence-electron chi connectivity index (χ1n) is 5.24. The van der Waals surface area contributed by atoms with Crippen LogP contribution in [0.1, 0.15) is 10.6 Å². The molecule has 0 spiro atoms. The van der Waals surface area contributed by atoms with Crippen LogP contribution in [0.5, 0.6) is 0 Å². The summed E-state index contributed by atoms with van der Waals surface area (Å²) in [4.78, 5) is 24.9. The molecule has 3 heterocycles. The Hall–Kier alpha value is -2.90. The Morgan fingerprint density at radius 3 is 3.00 bits per heavy atom. The Balaban J connectivity index is 0.000000141. The Labute approximate surface area is 107 Å². The highest BCUT2D eigenvalue weighted by Gasteiger charge is 2.05. The summed E-state index contributed by atoms with van der Waals surface area (Å²) in [5.41, 5.74) is 6.71. The molecule has 3 N–H and O–H groups in total. The Kier molecular flexibility index (Phi) is 3.72. The molecule has 19 heavy (non-hydrogen) atoms. The van der Waals surface area contributed by atoms with Crippen molar-refractivity contribution in [3.05, 3.63) is 36.7 Å². The smallest absolute Gasteiger partial charge is 0.373 e. The zero-order valence-corrected chi connectivity index (χ0v) is 10.0. The van der Waals surface area contributed by atoms with Gasteiger partial charge in [-0.25, -0.2) is 14.8 Å². The number of H-pyrrole nitrogens is 1. The lowest BCUT2D eigenvalue weighted by Crippen LogP contribution is -1.97. The Bertz CT molecular complexity index is 662. The van der Waals surface area contributed by atoms with E-state index in [2.05, 4.69) is 24.7 Å². The highest BCUT2D eigenvalue weighted by atomic mass is 16.5. The number of hydrogen-bond acceptors (Lipinski definition) is 7. The quantitative estimate of drug-likeness (QED) is 0.627. The summed E-state index contributed by atoms with van der Waals surface area (Å²) in [5, 5.41) is 0. The molecule has 3 rings (SSSR count). The van der Waals surface area contributed by atoms with E-state index in [4.69, 9.17) is 10.2 Å². The third-order valence-electron chi connectivity index (χ3n) is 2.10. The van der Waals surface area contributed by atoms with Crippen molar-refractivity contribution in [2.75, 3.05) is 12.8 Å². The van der Waals surface area contributed by atoms with E-state index in [1.165, 1.54) is 13.4 Å². The van der Waals surface area contributed by atoms with Crippen molar-refractivity contribution < 1.29 is 13.9 Å². The number of methoxy groups -OCH3 is 1. The number of nitrogens with zero attached hydrogens (tertiary/aromatic N) is 3. The molecule has 98 valence electrons. The lowest BCUT2D eigenvalue weighted by Gasteiger charge is -1.89. The maximum atomic E-state index is 10.6. The molecule has 3 aromatic heterocycles. The van der Waals surface area contributed by atoms with Crippen LogP contribution in [0.2, 0.25) is 0 Å². The highest BCUT2D eigenvalue weighted by molar-refractivity contribution is 5.85. The van der Waals surface area contributed by atoms with Crippen LogP contribution in [0.25, 0.3) is 11.2 Å². The summed E-state index contributed by atoms with van der Waals surface area (Å²) in [6.07, 6.45) is 4.58. The molecule has 0 radical (unpaired) electrons. The maximum Gasteiger partial charge on any atom is 0.373 e. The monoisotopic (exact) mass is 261 g/mol. The number of nitrogens with one attached hydrogen (secondary N) is 1. The summed E-state index contributed by atoms with van der Waals surface area (Å²) in [5.74, 6) is 0.0390. The summed E-state index contributed by atoms with van der Waals surface area (Å²) < 4.78 is 9.07. The zero-order chi connectivity index (χ0) is 13.7. The second-order valence-electron chi connectivity index (χ2n) is 3.34. The zero-order valence-electron chi connectivity index (χ0n) is 10.0. The minimum absolute atomic E-state index is 0.234. The van der Waals surface area contributed by atoms with Gasteiger partial charge in [-0.3, -0.25) is 0 Å². The number of imidazole rings is 1. The van der Waals surface area contributed by atoms with Gasteiger partial charge in [-0.2, -0.15) is 4.98 Å². The average molecular weight is 261 g/mol. The van der Waals surface area contributed by atoms with Crippen LogP contribution < -0.4 is 5.73 Å². The van der Waals surface area contributed by atoms with Gasteiger partial charge in [0.15, 0.2) is 5.65 Å². The van der Waals surface area contributed by atoms with Gasteiger partial charge in [0.05, 0.1) is 25.9 Å². The number of aromatic nitrogens is 4. The minimum Gasteiger partial charge on any atom is -0.463 e. The number of anilines is 1. The average Bonchev–Trinajstić information content (AvgIpc) is 3.08. The number of esters is 1. The van der Waals surface area contributed by atoms with Gasteiger partial charge in [-0.15, -0.1) is 0 Å². The SMILES string of the molecule is COC(=O)c1ccco1.Nc1ncc2[nH]cnc2n1. The number of carbonyl (C=O) groups excluding carboxylic acids is 1. The van der Waals surface area contributed by atoms with E-state index in [9.17, 15) is 4.79 Å². The number of nitrogen functional groups attached to an aromatic ring is 1. The van der Waals surface area contributed by atoms with Crippen molar-refractivity contribution in [1.82, 2.24) is 19.9 Å². The van der Waals surface area contributed by atoms with Gasteiger partial charge < -0.3 is 19.9 Å². The molecule has 8 heteroatoms. The second-order valence-corrected chi connectivity index (χ2v) is 3.34. The largest absolute Gasteiger partial charge is 0.463 e. The molecule has 0 aliphatic rings. The molecule has 3 aromatic rings. The summed E-state index contributed by atoms with van der Waals surface area (Å²) in [6, 6.07) is 3.18. The summed E-state index contributed by atoms with van der Waals surface area (Å²) >= 11 is 0. The molecule has 0 fully saturated rings. The molecule has 0 saturated heterocycles. The fraction of sp³-hybridized carbons (Fsp3) is 0.0909. The normalized spacial score (nSPS) is 9.74. The summed E-state index contributed by atoms with van der Waals surface area (Å²) in [7, 11) is 1.31. The van der Waals surface area contributed by atoms with E-state index in [-0.39, 0.29) is 11.7 Å². The van der Waals surface area contributed by atoms with Crippen LogP contribution in [0.15, 0.2) is 35.3 Å². The molecule has 0 aliphatic heterocycles. The molecule has 0 amide bonds. The first-order chi connectivity index (χ1) is 9.20. The van der Waals surface area contributed by atoms with Crippen LogP contribution in [0, 0.1) is 0 Å². The van der Waals surface area contributed by atoms with Gasteiger partial charge in [0.1, 0.15) is 5.52 Å². The van der Waals surface area contributed by atoms with E-state index in [1.807, 2.05) is 0 Å². The predicted octanol–water partition coefficient (Wildman–Crippen LogP) is 1.00. The lowest BCUT2D eigenvalue weighted by molar-refractivity contribution is 0.0565. The Morgan fingerprint density at radius 1 is 1.47 bits per heavy atom. The van der Waals surface area contributed by atoms with E-state index >= 15 is 0 Å². The molecular weight excluding hydrogens is 250 g/mol. The number of aromatic amines is 1. The van der Waals surface area contributed by atoms with Gasteiger partial charge in [0, 0.05) is 0 Å². The van der Waals surface area contributed by atoms with Crippen LogP contribution >= 0.6 is 0 Å². The molecule has 8 nitrogen and oxygen atoms in total. The van der Waals surface area contributed by atoms with Gasteiger partial charge in [-0.05, 0) is 12.1 Å². The van der Waals surface area contributed by atoms with Crippen molar-refractivity contribution >= 4 is 23.1 Å². The fourth-order valence-electron chi connectivity index (χ4n) is 1.24. The molecule has 0 aliphatic carbocycles. The summed E-state index contributed by atoms with van der Waals surface area (Å²) in [6.45, 7) is 0. The molecule has 0 unspecified atom stereocenters.